The maximum absolute atomic E-state index is 11.4. The number of hydrogen-bond acceptors (Lipinski definition) is 7. The summed E-state index contributed by atoms with van der Waals surface area (Å²) >= 11 is 0. The Morgan fingerprint density at radius 1 is 1.52 bits per heavy atom. The first kappa shape index (κ1) is 14.9. The molecular formula is C12H18N6O3. The van der Waals surface area contributed by atoms with E-state index in [0.717, 1.165) is 6.42 Å². The highest BCUT2D eigenvalue weighted by Gasteiger charge is 2.24. The second-order valence-electron chi connectivity index (χ2n) is 4.67. The average Bonchev–Trinajstić information content (AvgIpc) is 2.69. The molecular weight excluding hydrogens is 276 g/mol. The molecule has 0 unspecified atom stereocenters. The molecule has 1 aromatic heterocycles. The molecule has 0 aromatic carbocycles. The van der Waals surface area contributed by atoms with E-state index in [9.17, 15) is 14.9 Å². The molecule has 21 heavy (non-hydrogen) atoms. The SMILES string of the molecule is CCCNc1ncc([N+](=O)[O-])c(N2CCNC(=O)CC2)n1. The molecule has 1 fully saturated rings. The monoisotopic (exact) mass is 294 g/mol. The summed E-state index contributed by atoms with van der Waals surface area (Å²) in [6.45, 7) is 4.02. The molecule has 0 saturated carbocycles. The van der Waals surface area contributed by atoms with Crippen LogP contribution in [0.25, 0.3) is 0 Å². The fourth-order valence-electron chi connectivity index (χ4n) is 2.03. The molecule has 2 N–H and O–H groups in total. The Labute approximate surface area is 121 Å². The second-order valence-corrected chi connectivity index (χ2v) is 4.67. The van der Waals surface area contributed by atoms with Crippen molar-refractivity contribution in [2.45, 2.75) is 19.8 Å². The Balaban J connectivity index is 2.28. The van der Waals surface area contributed by atoms with Gasteiger partial charge in [0.1, 0.15) is 6.20 Å². The van der Waals surface area contributed by atoms with Gasteiger partial charge in [-0.05, 0) is 6.42 Å². The zero-order valence-electron chi connectivity index (χ0n) is 11.8. The number of nitro groups is 1. The maximum Gasteiger partial charge on any atom is 0.329 e. The van der Waals surface area contributed by atoms with E-state index in [4.69, 9.17) is 0 Å². The van der Waals surface area contributed by atoms with Gasteiger partial charge in [-0.1, -0.05) is 6.92 Å². The Bertz CT molecular complexity index is 536. The van der Waals surface area contributed by atoms with Crippen molar-refractivity contribution in [2.75, 3.05) is 36.4 Å². The fourth-order valence-corrected chi connectivity index (χ4v) is 2.03. The van der Waals surface area contributed by atoms with Gasteiger partial charge in [0.05, 0.1) is 4.92 Å². The fraction of sp³-hybridized carbons (Fsp3) is 0.583. The van der Waals surface area contributed by atoms with E-state index >= 15 is 0 Å². The largest absolute Gasteiger partial charge is 0.354 e. The van der Waals surface area contributed by atoms with Gasteiger partial charge >= 0.3 is 5.69 Å². The van der Waals surface area contributed by atoms with E-state index in [1.165, 1.54) is 6.20 Å². The van der Waals surface area contributed by atoms with E-state index in [0.29, 0.717) is 38.5 Å². The summed E-state index contributed by atoms with van der Waals surface area (Å²) in [6, 6.07) is 0. The minimum atomic E-state index is -0.501. The average molecular weight is 294 g/mol. The van der Waals surface area contributed by atoms with Crippen molar-refractivity contribution in [1.29, 1.82) is 0 Å². The Hall–Kier alpha value is -2.45. The predicted molar refractivity (Wildman–Crippen MR) is 77.3 cm³/mol. The molecule has 1 aliphatic rings. The molecule has 0 atom stereocenters. The molecule has 1 saturated heterocycles. The van der Waals surface area contributed by atoms with Crippen molar-refractivity contribution < 1.29 is 9.72 Å². The summed E-state index contributed by atoms with van der Waals surface area (Å²) < 4.78 is 0. The summed E-state index contributed by atoms with van der Waals surface area (Å²) in [6.07, 6.45) is 2.40. The van der Waals surface area contributed by atoms with Crippen molar-refractivity contribution in [2.24, 2.45) is 0 Å². The van der Waals surface area contributed by atoms with Crippen molar-refractivity contribution in [3.63, 3.8) is 0 Å². The van der Waals surface area contributed by atoms with Crippen LogP contribution in [0.2, 0.25) is 0 Å². The van der Waals surface area contributed by atoms with Gasteiger partial charge in [0.2, 0.25) is 17.7 Å². The lowest BCUT2D eigenvalue weighted by Crippen LogP contribution is -2.30. The summed E-state index contributed by atoms with van der Waals surface area (Å²) in [5.41, 5.74) is -0.147. The van der Waals surface area contributed by atoms with Gasteiger partial charge < -0.3 is 15.5 Å². The number of nitrogens with zero attached hydrogens (tertiary/aromatic N) is 4. The highest BCUT2D eigenvalue weighted by atomic mass is 16.6. The molecule has 2 heterocycles. The highest BCUT2D eigenvalue weighted by molar-refractivity contribution is 5.77. The molecule has 9 heteroatoms. The minimum Gasteiger partial charge on any atom is -0.354 e. The summed E-state index contributed by atoms with van der Waals surface area (Å²) in [7, 11) is 0. The number of nitrogens with one attached hydrogen (secondary N) is 2. The Kier molecular flexibility index (Phi) is 4.85. The quantitative estimate of drug-likeness (QED) is 0.601. The highest BCUT2D eigenvalue weighted by Crippen LogP contribution is 2.26. The van der Waals surface area contributed by atoms with Crippen molar-refractivity contribution in [3.05, 3.63) is 16.3 Å². The third-order valence-electron chi connectivity index (χ3n) is 3.09. The standard InChI is InChI=1S/C12H18N6O3/c1-2-4-14-12-15-8-9(18(20)21)11(16-12)17-6-3-10(19)13-5-7-17/h8H,2-7H2,1H3,(H,13,19)(H,14,15,16). The van der Waals surface area contributed by atoms with Crippen LogP contribution < -0.4 is 15.5 Å². The molecule has 0 aliphatic carbocycles. The smallest absolute Gasteiger partial charge is 0.329 e. The van der Waals surface area contributed by atoms with Crippen molar-refractivity contribution in [3.8, 4) is 0 Å². The van der Waals surface area contributed by atoms with Crippen LogP contribution in [-0.2, 0) is 4.79 Å². The zero-order valence-corrected chi connectivity index (χ0v) is 11.8. The van der Waals surface area contributed by atoms with Crippen molar-refractivity contribution in [1.82, 2.24) is 15.3 Å². The molecule has 9 nitrogen and oxygen atoms in total. The van der Waals surface area contributed by atoms with E-state index < -0.39 is 4.92 Å². The van der Waals surface area contributed by atoms with Gasteiger partial charge in [0.25, 0.3) is 0 Å². The van der Waals surface area contributed by atoms with Crippen LogP contribution in [0.15, 0.2) is 6.20 Å². The zero-order chi connectivity index (χ0) is 15.2. The van der Waals surface area contributed by atoms with Gasteiger partial charge in [-0.3, -0.25) is 14.9 Å². The van der Waals surface area contributed by atoms with Crippen LogP contribution in [0.5, 0.6) is 0 Å². The lowest BCUT2D eigenvalue weighted by molar-refractivity contribution is -0.384. The van der Waals surface area contributed by atoms with Gasteiger partial charge in [-0.25, -0.2) is 4.98 Å². The number of rotatable bonds is 5. The van der Waals surface area contributed by atoms with Gasteiger partial charge in [-0.15, -0.1) is 0 Å². The second kappa shape index (κ2) is 6.82. The van der Waals surface area contributed by atoms with Crippen LogP contribution in [0.3, 0.4) is 0 Å². The van der Waals surface area contributed by atoms with Gasteiger partial charge in [0, 0.05) is 32.6 Å². The van der Waals surface area contributed by atoms with Crippen LogP contribution >= 0.6 is 0 Å². The van der Waals surface area contributed by atoms with Gasteiger partial charge in [-0.2, -0.15) is 4.98 Å². The normalized spacial score (nSPS) is 15.3. The van der Waals surface area contributed by atoms with E-state index in [1.54, 1.807) is 4.90 Å². The van der Waals surface area contributed by atoms with Crippen molar-refractivity contribution >= 4 is 23.4 Å². The van der Waals surface area contributed by atoms with Gasteiger partial charge in [0.15, 0.2) is 0 Å². The number of amides is 1. The first-order valence-electron chi connectivity index (χ1n) is 6.88. The number of anilines is 2. The number of carbonyl (C=O) groups is 1. The maximum atomic E-state index is 11.4. The van der Waals surface area contributed by atoms with E-state index in [1.807, 2.05) is 6.92 Å². The topological polar surface area (TPSA) is 113 Å². The lowest BCUT2D eigenvalue weighted by Gasteiger charge is -2.20. The van der Waals surface area contributed by atoms with E-state index in [-0.39, 0.29) is 17.4 Å². The minimum absolute atomic E-state index is 0.0569. The molecule has 1 aliphatic heterocycles. The first-order valence-corrected chi connectivity index (χ1v) is 6.88. The van der Waals surface area contributed by atoms with Crippen LogP contribution in [0, 0.1) is 10.1 Å². The van der Waals surface area contributed by atoms with E-state index in [2.05, 4.69) is 20.6 Å². The lowest BCUT2D eigenvalue weighted by atomic mass is 10.3. The Morgan fingerprint density at radius 2 is 2.33 bits per heavy atom. The molecule has 1 aromatic rings. The summed E-state index contributed by atoms with van der Waals surface area (Å²) in [5, 5.41) is 16.9. The number of carbonyl (C=O) groups excluding carboxylic acids is 1. The molecule has 0 spiro atoms. The molecule has 114 valence electrons. The molecule has 0 radical (unpaired) electrons. The number of aromatic nitrogens is 2. The summed E-state index contributed by atoms with van der Waals surface area (Å²) in [5.74, 6) is 0.560. The van der Waals surface area contributed by atoms with Crippen LogP contribution in [-0.4, -0.2) is 47.0 Å². The first-order chi connectivity index (χ1) is 10.1. The van der Waals surface area contributed by atoms with Crippen LogP contribution in [0.4, 0.5) is 17.5 Å². The third-order valence-corrected chi connectivity index (χ3v) is 3.09. The Morgan fingerprint density at radius 3 is 3.05 bits per heavy atom. The molecule has 1 amide bonds. The number of hydrogen-bond donors (Lipinski definition) is 2. The molecule has 2 rings (SSSR count). The molecule has 0 bridgehead atoms. The third kappa shape index (κ3) is 3.77. The summed E-state index contributed by atoms with van der Waals surface area (Å²) in [4.78, 5) is 32.0. The van der Waals surface area contributed by atoms with Crippen LogP contribution in [0.1, 0.15) is 19.8 Å². The predicted octanol–water partition coefficient (Wildman–Crippen LogP) is 0.533.